The summed E-state index contributed by atoms with van der Waals surface area (Å²) in [6.07, 6.45) is -0.976. The summed E-state index contributed by atoms with van der Waals surface area (Å²) in [4.78, 5) is 24.3. The van der Waals surface area contributed by atoms with Gasteiger partial charge in [0.15, 0.2) is 17.6 Å². The van der Waals surface area contributed by atoms with Crippen molar-refractivity contribution in [1.82, 2.24) is 0 Å². The summed E-state index contributed by atoms with van der Waals surface area (Å²) in [7, 11) is 2.97. The van der Waals surface area contributed by atoms with E-state index in [4.69, 9.17) is 25.8 Å². The monoisotopic (exact) mass is 363 g/mol. The number of methoxy groups -OCH3 is 2. The molecule has 0 saturated heterocycles. The first-order chi connectivity index (χ1) is 11.9. The maximum atomic E-state index is 12.2. The van der Waals surface area contributed by atoms with E-state index in [1.807, 2.05) is 0 Å². The highest BCUT2D eigenvalue weighted by molar-refractivity contribution is 6.30. The van der Waals surface area contributed by atoms with Gasteiger partial charge in [0.1, 0.15) is 0 Å². The van der Waals surface area contributed by atoms with Gasteiger partial charge in [-0.15, -0.1) is 0 Å². The Morgan fingerprint density at radius 2 is 1.64 bits per heavy atom. The minimum atomic E-state index is -0.976. The summed E-state index contributed by atoms with van der Waals surface area (Å²) in [5, 5.41) is 3.21. The van der Waals surface area contributed by atoms with E-state index in [0.717, 1.165) is 0 Å². The lowest BCUT2D eigenvalue weighted by Crippen LogP contribution is -2.30. The van der Waals surface area contributed by atoms with Crippen LogP contribution < -0.4 is 14.8 Å². The predicted molar refractivity (Wildman–Crippen MR) is 94.5 cm³/mol. The Balaban J connectivity index is 2.01. The number of carbonyl (C=O) groups excluding carboxylic acids is 2. The van der Waals surface area contributed by atoms with Crippen molar-refractivity contribution >= 4 is 29.2 Å². The van der Waals surface area contributed by atoms with Gasteiger partial charge in [0.25, 0.3) is 5.91 Å². The molecule has 2 aromatic rings. The van der Waals surface area contributed by atoms with Crippen molar-refractivity contribution in [3.63, 3.8) is 0 Å². The van der Waals surface area contributed by atoms with Crippen LogP contribution in [0.5, 0.6) is 11.5 Å². The number of hydrogen-bond acceptors (Lipinski definition) is 5. The van der Waals surface area contributed by atoms with Crippen molar-refractivity contribution in [2.75, 3.05) is 19.5 Å². The van der Waals surface area contributed by atoms with Crippen LogP contribution in [-0.2, 0) is 9.53 Å². The highest BCUT2D eigenvalue weighted by atomic mass is 35.5. The highest BCUT2D eigenvalue weighted by Gasteiger charge is 2.20. The van der Waals surface area contributed by atoms with Gasteiger partial charge in [-0.1, -0.05) is 11.6 Å². The van der Waals surface area contributed by atoms with E-state index in [9.17, 15) is 9.59 Å². The lowest BCUT2D eigenvalue weighted by atomic mass is 10.2. The molecular formula is C18H18ClNO5. The molecule has 0 fully saturated rings. The van der Waals surface area contributed by atoms with Crippen molar-refractivity contribution < 1.29 is 23.8 Å². The summed E-state index contributed by atoms with van der Waals surface area (Å²) in [6, 6.07) is 11.2. The second-order valence-electron chi connectivity index (χ2n) is 5.11. The van der Waals surface area contributed by atoms with E-state index in [1.165, 1.54) is 33.3 Å². The van der Waals surface area contributed by atoms with Crippen LogP contribution in [-0.4, -0.2) is 32.2 Å². The lowest BCUT2D eigenvalue weighted by molar-refractivity contribution is -0.123. The second-order valence-corrected chi connectivity index (χ2v) is 5.55. The molecule has 0 heterocycles. The van der Waals surface area contributed by atoms with Crippen LogP contribution in [0.3, 0.4) is 0 Å². The zero-order valence-electron chi connectivity index (χ0n) is 14.0. The molecule has 0 radical (unpaired) electrons. The number of rotatable bonds is 6. The van der Waals surface area contributed by atoms with Crippen LogP contribution in [0.1, 0.15) is 17.3 Å². The standard InChI is InChI=1S/C18H18ClNO5/c1-11(17(21)20-14-7-5-13(19)6-8-14)25-18(22)12-4-9-15(23-2)16(10-12)24-3/h4-11H,1-3H3,(H,20,21). The summed E-state index contributed by atoms with van der Waals surface area (Å²) < 4.78 is 15.5. The topological polar surface area (TPSA) is 73.9 Å². The largest absolute Gasteiger partial charge is 0.493 e. The number of benzene rings is 2. The first-order valence-electron chi connectivity index (χ1n) is 7.44. The fraction of sp³-hybridized carbons (Fsp3) is 0.222. The molecule has 0 spiro atoms. The van der Waals surface area contributed by atoms with E-state index in [2.05, 4.69) is 5.32 Å². The average molecular weight is 364 g/mol. The molecular weight excluding hydrogens is 346 g/mol. The van der Waals surface area contributed by atoms with Gasteiger partial charge in [-0.3, -0.25) is 4.79 Å². The number of ether oxygens (including phenoxy) is 3. The fourth-order valence-corrected chi connectivity index (χ4v) is 2.15. The first-order valence-corrected chi connectivity index (χ1v) is 7.82. The Bertz CT molecular complexity index is 761. The molecule has 132 valence electrons. The fourth-order valence-electron chi connectivity index (χ4n) is 2.02. The smallest absolute Gasteiger partial charge is 0.339 e. The number of nitrogens with one attached hydrogen (secondary N) is 1. The highest BCUT2D eigenvalue weighted by Crippen LogP contribution is 2.28. The second kappa shape index (κ2) is 8.39. The average Bonchev–Trinajstić information content (AvgIpc) is 2.62. The summed E-state index contributed by atoms with van der Waals surface area (Å²) in [6.45, 7) is 1.49. The first kappa shape index (κ1) is 18.6. The molecule has 7 heteroatoms. The molecule has 0 saturated carbocycles. The van der Waals surface area contributed by atoms with Gasteiger partial charge in [-0.05, 0) is 49.4 Å². The summed E-state index contributed by atoms with van der Waals surface area (Å²) in [5.41, 5.74) is 0.812. The molecule has 1 unspecified atom stereocenters. The van der Waals surface area contributed by atoms with Crippen LogP contribution in [0.15, 0.2) is 42.5 Å². The Hall–Kier alpha value is -2.73. The molecule has 0 aliphatic carbocycles. The molecule has 1 atom stereocenters. The van der Waals surface area contributed by atoms with Crippen molar-refractivity contribution in [2.45, 2.75) is 13.0 Å². The summed E-state index contributed by atoms with van der Waals surface area (Å²) in [5.74, 6) is -0.196. The maximum Gasteiger partial charge on any atom is 0.339 e. The van der Waals surface area contributed by atoms with E-state index in [-0.39, 0.29) is 5.56 Å². The molecule has 25 heavy (non-hydrogen) atoms. The number of amides is 1. The Labute approximate surface area is 150 Å². The molecule has 1 amide bonds. The van der Waals surface area contributed by atoms with Crippen LogP contribution in [0.25, 0.3) is 0 Å². The third-order valence-electron chi connectivity index (χ3n) is 3.38. The quantitative estimate of drug-likeness (QED) is 0.794. The van der Waals surface area contributed by atoms with E-state index < -0.39 is 18.0 Å². The van der Waals surface area contributed by atoms with Gasteiger partial charge >= 0.3 is 5.97 Å². The number of anilines is 1. The third-order valence-corrected chi connectivity index (χ3v) is 3.64. The zero-order valence-corrected chi connectivity index (χ0v) is 14.8. The Kier molecular flexibility index (Phi) is 6.25. The van der Waals surface area contributed by atoms with Gasteiger partial charge in [0.05, 0.1) is 19.8 Å². The molecule has 2 rings (SSSR count). The van der Waals surface area contributed by atoms with Gasteiger partial charge in [-0.25, -0.2) is 4.79 Å². The summed E-state index contributed by atoms with van der Waals surface area (Å²) >= 11 is 5.79. The van der Waals surface area contributed by atoms with E-state index in [0.29, 0.717) is 22.2 Å². The van der Waals surface area contributed by atoms with Gasteiger partial charge in [0.2, 0.25) is 0 Å². The Morgan fingerprint density at radius 1 is 1.00 bits per heavy atom. The minimum absolute atomic E-state index is 0.254. The minimum Gasteiger partial charge on any atom is -0.493 e. The van der Waals surface area contributed by atoms with Crippen molar-refractivity contribution in [3.8, 4) is 11.5 Å². The van der Waals surface area contributed by atoms with E-state index in [1.54, 1.807) is 30.3 Å². The van der Waals surface area contributed by atoms with Crippen LogP contribution >= 0.6 is 11.6 Å². The molecule has 0 aromatic heterocycles. The van der Waals surface area contributed by atoms with Crippen molar-refractivity contribution in [3.05, 3.63) is 53.1 Å². The molecule has 1 N–H and O–H groups in total. The maximum absolute atomic E-state index is 12.2. The molecule has 6 nitrogen and oxygen atoms in total. The SMILES string of the molecule is COc1ccc(C(=O)OC(C)C(=O)Nc2ccc(Cl)cc2)cc1OC. The van der Waals surface area contributed by atoms with Crippen LogP contribution in [0.4, 0.5) is 5.69 Å². The van der Waals surface area contributed by atoms with Crippen molar-refractivity contribution in [1.29, 1.82) is 0 Å². The third kappa shape index (κ3) is 4.87. The van der Waals surface area contributed by atoms with Crippen LogP contribution in [0, 0.1) is 0 Å². The molecule has 0 aliphatic rings. The molecule has 0 bridgehead atoms. The zero-order chi connectivity index (χ0) is 18.4. The predicted octanol–water partition coefficient (Wildman–Crippen LogP) is 3.54. The normalized spacial score (nSPS) is 11.4. The molecule has 2 aromatic carbocycles. The number of halogens is 1. The number of carbonyl (C=O) groups is 2. The molecule has 0 aliphatic heterocycles. The Morgan fingerprint density at radius 3 is 2.24 bits per heavy atom. The van der Waals surface area contributed by atoms with Gasteiger partial charge in [0, 0.05) is 10.7 Å². The number of hydrogen-bond donors (Lipinski definition) is 1. The van der Waals surface area contributed by atoms with Crippen LogP contribution in [0.2, 0.25) is 5.02 Å². The van der Waals surface area contributed by atoms with E-state index >= 15 is 0 Å². The van der Waals surface area contributed by atoms with Gasteiger partial charge in [-0.2, -0.15) is 0 Å². The lowest BCUT2D eigenvalue weighted by Gasteiger charge is -2.14. The van der Waals surface area contributed by atoms with Crippen molar-refractivity contribution in [2.24, 2.45) is 0 Å². The number of esters is 1. The van der Waals surface area contributed by atoms with Gasteiger partial charge < -0.3 is 19.5 Å².